The minimum atomic E-state index is -0.523. The molecule has 2 aromatic heterocycles. The molecule has 6 rings (SSSR count). The van der Waals surface area contributed by atoms with Crippen LogP contribution in [-0.2, 0) is 11.2 Å². The highest BCUT2D eigenvalue weighted by Crippen LogP contribution is 2.44. The number of anilines is 1. The SMILES string of the molecule is CCc1nc(Cl)c(F)c2c1c(N1C[C@@H]3CCC1CN3C(=O)OC(C)(C)C)nn2C1CC1. The van der Waals surface area contributed by atoms with E-state index in [1.54, 1.807) is 0 Å². The molecule has 0 N–H and O–H groups in total. The fourth-order valence-corrected chi connectivity index (χ4v) is 5.08. The fraction of sp³-hybridized carbons (Fsp3) is 0.682. The summed E-state index contributed by atoms with van der Waals surface area (Å²) in [6.45, 7) is 8.90. The summed E-state index contributed by atoms with van der Waals surface area (Å²) in [5, 5.41) is 5.58. The van der Waals surface area contributed by atoms with Gasteiger partial charge in [-0.25, -0.2) is 14.2 Å². The molecule has 4 fully saturated rings. The molecule has 4 aliphatic rings. The largest absolute Gasteiger partial charge is 0.444 e. The molecule has 168 valence electrons. The third-order valence-electron chi connectivity index (χ3n) is 6.46. The average Bonchev–Trinajstić information content (AvgIpc) is 3.49. The summed E-state index contributed by atoms with van der Waals surface area (Å²) in [6, 6.07) is 0.386. The maximum atomic E-state index is 15.1. The number of ether oxygens (including phenoxy) is 1. The Morgan fingerprint density at radius 2 is 1.84 bits per heavy atom. The zero-order chi connectivity index (χ0) is 22.1. The Morgan fingerprint density at radius 1 is 1.16 bits per heavy atom. The van der Waals surface area contributed by atoms with Gasteiger partial charge in [0.2, 0.25) is 0 Å². The van der Waals surface area contributed by atoms with Gasteiger partial charge in [0.05, 0.1) is 23.2 Å². The summed E-state index contributed by atoms with van der Waals surface area (Å²) in [5.74, 6) is 0.289. The second-order valence-corrected chi connectivity index (χ2v) is 10.3. The van der Waals surface area contributed by atoms with Crippen molar-refractivity contribution in [3.05, 3.63) is 16.7 Å². The lowest BCUT2D eigenvalue weighted by Gasteiger charge is -2.51. The predicted octanol–water partition coefficient (Wildman–Crippen LogP) is 4.71. The number of carbonyl (C=O) groups excluding carboxylic acids is 1. The molecule has 1 aliphatic carbocycles. The summed E-state index contributed by atoms with van der Waals surface area (Å²) in [6.07, 6.45) is 4.27. The smallest absolute Gasteiger partial charge is 0.410 e. The molecule has 3 saturated heterocycles. The number of hydrogen-bond acceptors (Lipinski definition) is 5. The standard InChI is InChI=1S/C22H29ClFN5O2/c1-5-15-16-18(17(24)19(23)25-15)29(12-6-7-12)26-20(16)27-10-14-9-8-13(27)11-28(14)21(30)31-22(2,3)4/h12-14H,5-11H2,1-4H3/t13?,14-/m0/s1. The van der Waals surface area contributed by atoms with E-state index in [4.69, 9.17) is 21.4 Å². The van der Waals surface area contributed by atoms with Gasteiger partial charge in [-0.05, 0) is 52.9 Å². The van der Waals surface area contributed by atoms with Crippen LogP contribution in [-0.4, -0.2) is 56.5 Å². The number of aryl methyl sites for hydroxylation is 1. The Morgan fingerprint density at radius 3 is 2.42 bits per heavy atom. The van der Waals surface area contributed by atoms with Crippen LogP contribution in [0, 0.1) is 5.82 Å². The van der Waals surface area contributed by atoms with Crippen LogP contribution in [0.25, 0.3) is 10.9 Å². The van der Waals surface area contributed by atoms with Gasteiger partial charge in [-0.3, -0.25) is 4.68 Å². The molecule has 5 heterocycles. The van der Waals surface area contributed by atoms with E-state index in [1.807, 2.05) is 37.3 Å². The Balaban J connectivity index is 1.53. The lowest BCUT2D eigenvalue weighted by Crippen LogP contribution is -2.64. The summed E-state index contributed by atoms with van der Waals surface area (Å²) >= 11 is 6.13. The van der Waals surface area contributed by atoms with Crippen molar-refractivity contribution < 1.29 is 13.9 Å². The number of rotatable bonds is 3. The van der Waals surface area contributed by atoms with Crippen LogP contribution < -0.4 is 4.90 Å². The summed E-state index contributed by atoms with van der Waals surface area (Å²) in [4.78, 5) is 21.2. The van der Waals surface area contributed by atoms with Crippen molar-refractivity contribution in [2.24, 2.45) is 0 Å². The second-order valence-electron chi connectivity index (χ2n) is 9.91. The molecule has 0 aromatic carbocycles. The number of amides is 1. The summed E-state index contributed by atoms with van der Waals surface area (Å²) in [7, 11) is 0. The van der Waals surface area contributed by atoms with Crippen molar-refractivity contribution in [3.63, 3.8) is 0 Å². The third-order valence-corrected chi connectivity index (χ3v) is 6.71. The molecule has 1 unspecified atom stereocenters. The Hall–Kier alpha value is -2.09. The van der Waals surface area contributed by atoms with E-state index >= 15 is 4.39 Å². The molecule has 31 heavy (non-hydrogen) atoms. The summed E-state index contributed by atoms with van der Waals surface area (Å²) in [5.41, 5.74) is 0.721. The molecule has 7 nitrogen and oxygen atoms in total. The molecule has 3 aliphatic heterocycles. The number of nitrogens with zero attached hydrogens (tertiary/aromatic N) is 5. The van der Waals surface area contributed by atoms with Crippen molar-refractivity contribution in [2.75, 3.05) is 18.0 Å². The topological polar surface area (TPSA) is 63.5 Å². The highest BCUT2D eigenvalue weighted by molar-refractivity contribution is 6.30. The molecule has 1 saturated carbocycles. The molecular formula is C22H29ClFN5O2. The van der Waals surface area contributed by atoms with E-state index in [1.165, 1.54) is 0 Å². The van der Waals surface area contributed by atoms with Gasteiger partial charge in [0.1, 0.15) is 11.1 Å². The Labute approximate surface area is 186 Å². The molecule has 2 atom stereocenters. The molecular weight excluding hydrogens is 421 g/mol. The highest BCUT2D eigenvalue weighted by atomic mass is 35.5. The van der Waals surface area contributed by atoms with Gasteiger partial charge in [0, 0.05) is 19.1 Å². The van der Waals surface area contributed by atoms with E-state index in [-0.39, 0.29) is 29.4 Å². The third kappa shape index (κ3) is 3.52. The molecule has 0 radical (unpaired) electrons. The van der Waals surface area contributed by atoms with Gasteiger partial charge < -0.3 is 14.5 Å². The van der Waals surface area contributed by atoms with Crippen LogP contribution in [0.4, 0.5) is 15.0 Å². The number of piperazine rings is 1. The van der Waals surface area contributed by atoms with Crippen molar-refractivity contribution in [1.29, 1.82) is 0 Å². The molecule has 1 amide bonds. The van der Waals surface area contributed by atoms with Crippen LogP contribution in [0.2, 0.25) is 5.15 Å². The molecule has 2 bridgehead atoms. The fourth-order valence-electron chi connectivity index (χ4n) is 4.89. The maximum Gasteiger partial charge on any atom is 0.410 e. The lowest BCUT2D eigenvalue weighted by molar-refractivity contribution is 0.000805. The van der Waals surface area contributed by atoms with Gasteiger partial charge in [0.25, 0.3) is 0 Å². The number of pyridine rings is 1. The first-order valence-electron chi connectivity index (χ1n) is 11.2. The van der Waals surface area contributed by atoms with Gasteiger partial charge in [-0.15, -0.1) is 0 Å². The monoisotopic (exact) mass is 449 g/mol. The summed E-state index contributed by atoms with van der Waals surface area (Å²) < 4.78 is 22.6. The van der Waals surface area contributed by atoms with E-state index in [0.717, 1.165) is 42.6 Å². The normalized spacial score (nSPS) is 23.7. The van der Waals surface area contributed by atoms with Crippen LogP contribution in [0.5, 0.6) is 0 Å². The number of halogens is 2. The van der Waals surface area contributed by atoms with Crippen molar-refractivity contribution >= 4 is 34.4 Å². The van der Waals surface area contributed by atoms with Crippen molar-refractivity contribution in [2.45, 2.75) is 83.5 Å². The Kier molecular flexibility index (Phi) is 4.84. The van der Waals surface area contributed by atoms with Crippen LogP contribution in [0.3, 0.4) is 0 Å². The van der Waals surface area contributed by atoms with Gasteiger partial charge in [-0.1, -0.05) is 18.5 Å². The second kappa shape index (κ2) is 7.22. The van der Waals surface area contributed by atoms with Crippen molar-refractivity contribution in [3.8, 4) is 0 Å². The van der Waals surface area contributed by atoms with Crippen LogP contribution >= 0.6 is 11.6 Å². The average molecular weight is 450 g/mol. The minimum absolute atomic E-state index is 0.0520. The van der Waals surface area contributed by atoms with E-state index in [0.29, 0.717) is 25.0 Å². The first kappa shape index (κ1) is 20.8. The molecule has 9 heteroatoms. The maximum absolute atomic E-state index is 15.1. The zero-order valence-electron chi connectivity index (χ0n) is 18.5. The van der Waals surface area contributed by atoms with Crippen LogP contribution in [0.1, 0.15) is 65.1 Å². The predicted molar refractivity (Wildman–Crippen MR) is 117 cm³/mol. The molecule has 0 spiro atoms. The van der Waals surface area contributed by atoms with Crippen LogP contribution in [0.15, 0.2) is 0 Å². The minimum Gasteiger partial charge on any atom is -0.444 e. The van der Waals surface area contributed by atoms with Crippen molar-refractivity contribution in [1.82, 2.24) is 19.7 Å². The zero-order valence-corrected chi connectivity index (χ0v) is 19.2. The number of fused-ring (bicyclic) bond motifs is 4. The van der Waals surface area contributed by atoms with Gasteiger partial charge >= 0.3 is 6.09 Å². The lowest BCUT2D eigenvalue weighted by atomic mass is 9.91. The van der Waals surface area contributed by atoms with E-state index < -0.39 is 11.4 Å². The first-order chi connectivity index (χ1) is 14.7. The molecule has 2 aromatic rings. The van der Waals surface area contributed by atoms with E-state index in [9.17, 15) is 4.79 Å². The quantitative estimate of drug-likeness (QED) is 0.635. The van der Waals surface area contributed by atoms with E-state index in [2.05, 4.69) is 9.88 Å². The number of hydrogen-bond donors (Lipinski definition) is 0. The first-order valence-corrected chi connectivity index (χ1v) is 11.6. The highest BCUT2D eigenvalue weighted by Gasteiger charge is 2.44. The van der Waals surface area contributed by atoms with Gasteiger partial charge in [0.15, 0.2) is 16.8 Å². The number of carbonyl (C=O) groups is 1. The van der Waals surface area contributed by atoms with Gasteiger partial charge in [-0.2, -0.15) is 5.10 Å². The number of aromatic nitrogens is 3. The Bertz CT molecular complexity index is 1040. The number of piperidine rings is 2.